The summed E-state index contributed by atoms with van der Waals surface area (Å²) in [6.45, 7) is 3.61. The second kappa shape index (κ2) is 8.95. The lowest BCUT2D eigenvalue weighted by molar-refractivity contribution is 0.0943. The Labute approximate surface area is 193 Å². The quantitative estimate of drug-likeness (QED) is 0.383. The van der Waals surface area contributed by atoms with E-state index in [1.807, 2.05) is 42.7 Å². The van der Waals surface area contributed by atoms with Crippen LogP contribution in [0.1, 0.15) is 48.7 Å². The number of amides is 1. The van der Waals surface area contributed by atoms with Crippen molar-refractivity contribution in [2.24, 2.45) is 11.8 Å². The van der Waals surface area contributed by atoms with Gasteiger partial charge in [0, 0.05) is 29.7 Å². The lowest BCUT2D eigenvalue weighted by Crippen LogP contribution is -2.31. The Morgan fingerprint density at radius 1 is 1.06 bits per heavy atom. The van der Waals surface area contributed by atoms with Crippen molar-refractivity contribution in [1.82, 2.24) is 14.9 Å². The summed E-state index contributed by atoms with van der Waals surface area (Å²) in [5.74, 6) is 1.27. The van der Waals surface area contributed by atoms with E-state index >= 15 is 0 Å². The largest absolute Gasteiger partial charge is 0.352 e. The predicted molar refractivity (Wildman–Crippen MR) is 131 cm³/mol. The first-order chi connectivity index (χ1) is 15.6. The van der Waals surface area contributed by atoms with Gasteiger partial charge in [-0.3, -0.25) is 9.78 Å². The van der Waals surface area contributed by atoms with Crippen LogP contribution in [0.15, 0.2) is 60.9 Å². The van der Waals surface area contributed by atoms with E-state index in [0.29, 0.717) is 29.6 Å². The number of rotatable bonds is 5. The number of nitrogens with one attached hydrogen (secondary N) is 1. The Kier molecular flexibility index (Phi) is 5.88. The van der Waals surface area contributed by atoms with Gasteiger partial charge >= 0.3 is 0 Å². The van der Waals surface area contributed by atoms with Gasteiger partial charge in [0.15, 0.2) is 0 Å². The van der Waals surface area contributed by atoms with Gasteiger partial charge < -0.3 is 9.88 Å². The number of aromatic nitrogens is 2. The molecule has 0 saturated heterocycles. The molecule has 0 atom stereocenters. The van der Waals surface area contributed by atoms with Crippen LogP contribution >= 0.6 is 11.6 Å². The van der Waals surface area contributed by atoms with Crippen LogP contribution in [0, 0.1) is 11.8 Å². The third-order valence-corrected chi connectivity index (χ3v) is 7.13. The minimum atomic E-state index is -0.0920. The highest BCUT2D eigenvalue weighted by atomic mass is 35.5. The lowest BCUT2D eigenvalue weighted by Gasteiger charge is -2.26. The maximum atomic E-state index is 13.2. The van der Waals surface area contributed by atoms with Crippen molar-refractivity contribution in [1.29, 1.82) is 0 Å². The molecule has 32 heavy (non-hydrogen) atoms. The zero-order valence-electron chi connectivity index (χ0n) is 18.4. The first-order valence-corrected chi connectivity index (χ1v) is 11.9. The van der Waals surface area contributed by atoms with Gasteiger partial charge in [0.1, 0.15) is 0 Å². The molecule has 1 aliphatic rings. The Balaban J connectivity index is 1.42. The van der Waals surface area contributed by atoms with Crippen molar-refractivity contribution >= 4 is 39.2 Å². The van der Waals surface area contributed by atoms with E-state index in [2.05, 4.69) is 40.0 Å². The topological polar surface area (TPSA) is 46.9 Å². The number of halogens is 1. The fourth-order valence-electron chi connectivity index (χ4n) is 4.87. The summed E-state index contributed by atoms with van der Waals surface area (Å²) in [4.78, 5) is 17.9. The molecule has 0 aliphatic heterocycles. The van der Waals surface area contributed by atoms with E-state index in [-0.39, 0.29) is 5.91 Å². The van der Waals surface area contributed by atoms with E-state index in [1.54, 1.807) is 0 Å². The smallest absolute Gasteiger partial charge is 0.254 e. The van der Waals surface area contributed by atoms with Gasteiger partial charge in [-0.25, -0.2) is 0 Å². The first-order valence-electron chi connectivity index (χ1n) is 11.5. The number of fused-ring (bicyclic) bond motifs is 2. The molecule has 1 fully saturated rings. The maximum Gasteiger partial charge on any atom is 0.254 e. The Hall–Kier alpha value is -2.85. The Morgan fingerprint density at radius 2 is 1.84 bits per heavy atom. The molecule has 1 aliphatic carbocycles. The molecule has 5 rings (SSSR count). The van der Waals surface area contributed by atoms with E-state index in [9.17, 15) is 4.79 Å². The van der Waals surface area contributed by atoms with Gasteiger partial charge in [0.2, 0.25) is 0 Å². The van der Waals surface area contributed by atoms with Crippen LogP contribution in [-0.4, -0.2) is 22.0 Å². The summed E-state index contributed by atoms with van der Waals surface area (Å²) in [6, 6.07) is 16.1. The van der Waals surface area contributed by atoms with E-state index < -0.39 is 0 Å². The van der Waals surface area contributed by atoms with Crippen molar-refractivity contribution < 1.29 is 4.79 Å². The monoisotopic (exact) mass is 445 g/mol. The molecule has 4 aromatic rings. The van der Waals surface area contributed by atoms with Crippen molar-refractivity contribution in [2.45, 2.75) is 39.2 Å². The van der Waals surface area contributed by atoms with Crippen LogP contribution in [0.5, 0.6) is 0 Å². The highest BCUT2D eigenvalue weighted by molar-refractivity contribution is 6.35. The molecule has 0 bridgehead atoms. The lowest BCUT2D eigenvalue weighted by atomic mass is 9.83. The van der Waals surface area contributed by atoms with E-state index in [1.165, 1.54) is 25.7 Å². The summed E-state index contributed by atoms with van der Waals surface area (Å²) < 4.78 is 2.08. The van der Waals surface area contributed by atoms with E-state index in [4.69, 9.17) is 11.6 Å². The molecule has 1 amide bonds. The zero-order chi connectivity index (χ0) is 22.1. The van der Waals surface area contributed by atoms with Gasteiger partial charge in [0.25, 0.3) is 5.91 Å². The Bertz CT molecular complexity index is 1270. The van der Waals surface area contributed by atoms with E-state index in [0.717, 1.165) is 33.3 Å². The molecule has 0 unspecified atom stereocenters. The standard InChI is InChI=1S/C27H28ClN3O/c1-18-6-8-19(9-7-18)15-30-27(32)25-24(28)11-10-20-12-13-31(26(20)25)17-23-14-21-4-2-3-5-22(21)16-29-23/h2-5,10-14,16,18-19H,6-9,15,17H2,1H3,(H,30,32). The molecule has 1 saturated carbocycles. The second-order valence-electron chi connectivity index (χ2n) is 9.16. The highest BCUT2D eigenvalue weighted by Gasteiger charge is 2.22. The molecule has 2 aromatic carbocycles. The summed E-state index contributed by atoms with van der Waals surface area (Å²) >= 11 is 6.56. The fourth-order valence-corrected chi connectivity index (χ4v) is 5.11. The molecule has 0 radical (unpaired) electrons. The number of benzene rings is 2. The zero-order valence-corrected chi connectivity index (χ0v) is 19.1. The number of hydrogen-bond acceptors (Lipinski definition) is 2. The highest BCUT2D eigenvalue weighted by Crippen LogP contribution is 2.30. The van der Waals surface area contributed by atoms with Crippen LogP contribution in [0.3, 0.4) is 0 Å². The van der Waals surface area contributed by atoms with Crippen molar-refractivity contribution in [3.63, 3.8) is 0 Å². The van der Waals surface area contributed by atoms with Crippen LogP contribution in [-0.2, 0) is 6.54 Å². The number of carbonyl (C=O) groups excluding carboxylic acids is 1. The average molecular weight is 446 g/mol. The normalized spacial score (nSPS) is 18.8. The SMILES string of the molecule is CC1CCC(CNC(=O)c2c(Cl)ccc3ccn(Cc4cc5ccccc5cn4)c23)CC1. The third kappa shape index (κ3) is 4.24. The second-order valence-corrected chi connectivity index (χ2v) is 9.57. The predicted octanol–water partition coefficient (Wildman–Crippen LogP) is 6.45. The number of hydrogen-bond donors (Lipinski definition) is 1. The third-order valence-electron chi connectivity index (χ3n) is 6.81. The molecule has 4 nitrogen and oxygen atoms in total. The molecule has 164 valence electrons. The summed E-state index contributed by atoms with van der Waals surface area (Å²) in [6.07, 6.45) is 8.78. The van der Waals surface area contributed by atoms with Gasteiger partial charge in [-0.05, 0) is 48.3 Å². The molecule has 2 heterocycles. The summed E-state index contributed by atoms with van der Waals surface area (Å²) in [5.41, 5.74) is 2.37. The number of nitrogens with zero attached hydrogens (tertiary/aromatic N) is 2. The number of pyridine rings is 1. The van der Waals surface area contributed by atoms with Crippen LogP contribution in [0.25, 0.3) is 21.7 Å². The van der Waals surface area contributed by atoms with Crippen LogP contribution < -0.4 is 5.32 Å². The minimum absolute atomic E-state index is 0.0920. The van der Waals surface area contributed by atoms with Crippen molar-refractivity contribution in [3.8, 4) is 0 Å². The number of carbonyl (C=O) groups is 1. The van der Waals surface area contributed by atoms with Gasteiger partial charge in [-0.15, -0.1) is 0 Å². The maximum absolute atomic E-state index is 13.2. The summed E-state index contributed by atoms with van der Waals surface area (Å²) in [7, 11) is 0. The molecular weight excluding hydrogens is 418 g/mol. The fraction of sp³-hybridized carbons (Fsp3) is 0.333. The van der Waals surface area contributed by atoms with Crippen molar-refractivity contribution in [2.75, 3.05) is 6.54 Å². The van der Waals surface area contributed by atoms with Gasteiger partial charge in [-0.1, -0.05) is 61.7 Å². The van der Waals surface area contributed by atoms with Gasteiger partial charge in [0.05, 0.1) is 28.3 Å². The minimum Gasteiger partial charge on any atom is -0.352 e. The van der Waals surface area contributed by atoms with Gasteiger partial charge in [-0.2, -0.15) is 0 Å². The summed E-state index contributed by atoms with van der Waals surface area (Å²) in [5, 5.41) is 6.94. The van der Waals surface area contributed by atoms with Crippen LogP contribution in [0.2, 0.25) is 5.02 Å². The molecule has 5 heteroatoms. The Morgan fingerprint density at radius 3 is 2.66 bits per heavy atom. The molecule has 0 spiro atoms. The molecule has 2 aromatic heterocycles. The van der Waals surface area contributed by atoms with Crippen molar-refractivity contribution in [3.05, 3.63) is 77.2 Å². The molecule has 1 N–H and O–H groups in total. The average Bonchev–Trinajstić information content (AvgIpc) is 3.21. The van der Waals surface area contributed by atoms with Crippen LogP contribution in [0.4, 0.5) is 0 Å². The molecular formula is C27H28ClN3O. The first kappa shape index (κ1) is 21.0.